The lowest BCUT2D eigenvalue weighted by Gasteiger charge is -2.34. The number of urea groups is 1. The largest absolute Gasteiger partial charge is 0.343 e. The first kappa shape index (κ1) is 22.0. The maximum atomic E-state index is 12.3. The Morgan fingerprint density at radius 1 is 1.48 bits per heavy atom. The van der Waals surface area contributed by atoms with Crippen LogP contribution in [0.1, 0.15) is 39.2 Å². The average molecular weight is 427 g/mol. The van der Waals surface area contributed by atoms with Crippen molar-refractivity contribution >= 4 is 52.3 Å². The van der Waals surface area contributed by atoms with E-state index in [1.807, 2.05) is 51.3 Å². The number of carbonyl (C=O) groups is 1. The summed E-state index contributed by atoms with van der Waals surface area (Å²) in [5, 5.41) is 20.0. The third kappa shape index (κ3) is 5.60. The Bertz CT molecular complexity index is 694. The van der Waals surface area contributed by atoms with Gasteiger partial charge in [-0.25, -0.2) is 9.80 Å². The van der Waals surface area contributed by atoms with Gasteiger partial charge in [0, 0.05) is 11.4 Å². The lowest BCUT2D eigenvalue weighted by atomic mass is 10.1. The molecule has 1 saturated heterocycles. The molecule has 27 heavy (non-hydrogen) atoms. The van der Waals surface area contributed by atoms with E-state index >= 15 is 0 Å². The van der Waals surface area contributed by atoms with Crippen molar-refractivity contribution in [3.63, 3.8) is 0 Å². The molecule has 9 heteroatoms. The van der Waals surface area contributed by atoms with Crippen LogP contribution in [0.5, 0.6) is 0 Å². The number of nitrogens with one attached hydrogen (secondary N) is 1. The van der Waals surface area contributed by atoms with Crippen LogP contribution >= 0.6 is 35.7 Å². The quantitative estimate of drug-likeness (QED) is 0.168. The van der Waals surface area contributed by atoms with Crippen molar-refractivity contribution in [1.29, 1.82) is 0 Å². The van der Waals surface area contributed by atoms with Crippen LogP contribution in [0.4, 0.5) is 4.79 Å². The first-order chi connectivity index (χ1) is 12.8. The monoisotopic (exact) mass is 426 g/mol. The number of unbranched alkanes of at least 4 members (excludes halogenated alkanes) is 1. The van der Waals surface area contributed by atoms with E-state index in [0.29, 0.717) is 15.9 Å². The van der Waals surface area contributed by atoms with Crippen LogP contribution in [0.25, 0.3) is 0 Å². The summed E-state index contributed by atoms with van der Waals surface area (Å²) in [6.07, 6.45) is 4.84. The SMILES string of the molecule is CCCCNC(=O)N(O)C1N(N=Cc2ccc(SC)cc2)C(=S)SC1(C)C. The molecule has 1 aliphatic heterocycles. The van der Waals surface area contributed by atoms with Gasteiger partial charge >= 0.3 is 6.03 Å². The molecule has 0 radical (unpaired) electrons. The molecule has 0 aliphatic carbocycles. The number of benzene rings is 1. The maximum absolute atomic E-state index is 12.3. The second-order valence-electron chi connectivity index (χ2n) is 6.64. The van der Waals surface area contributed by atoms with Crippen molar-refractivity contribution in [1.82, 2.24) is 15.4 Å². The summed E-state index contributed by atoms with van der Waals surface area (Å²) in [7, 11) is 0. The highest BCUT2D eigenvalue weighted by atomic mass is 32.2. The molecule has 0 bridgehead atoms. The molecule has 1 heterocycles. The fourth-order valence-electron chi connectivity index (χ4n) is 2.61. The summed E-state index contributed by atoms with van der Waals surface area (Å²) in [6, 6.07) is 7.43. The lowest BCUT2D eigenvalue weighted by molar-refractivity contribution is -0.118. The lowest BCUT2D eigenvalue weighted by Crippen LogP contribution is -2.55. The number of thioether (sulfide) groups is 2. The topological polar surface area (TPSA) is 68.2 Å². The first-order valence-electron chi connectivity index (χ1n) is 8.76. The van der Waals surface area contributed by atoms with Crippen molar-refractivity contribution in [3.05, 3.63) is 29.8 Å². The van der Waals surface area contributed by atoms with Gasteiger partial charge in [0.25, 0.3) is 0 Å². The van der Waals surface area contributed by atoms with Crippen LogP contribution < -0.4 is 5.32 Å². The Labute approximate surface area is 174 Å². The molecule has 1 aromatic carbocycles. The van der Waals surface area contributed by atoms with Gasteiger partial charge in [-0.15, -0.1) is 11.8 Å². The van der Waals surface area contributed by atoms with E-state index in [0.717, 1.165) is 18.4 Å². The third-order valence-electron chi connectivity index (χ3n) is 4.08. The number of hydrogen-bond donors (Lipinski definition) is 2. The van der Waals surface area contributed by atoms with Gasteiger partial charge in [0.1, 0.15) is 0 Å². The minimum atomic E-state index is -0.696. The van der Waals surface area contributed by atoms with Gasteiger partial charge in [-0.05, 0) is 44.2 Å². The van der Waals surface area contributed by atoms with Crippen LogP contribution in [0.3, 0.4) is 0 Å². The third-order valence-corrected chi connectivity index (χ3v) is 6.36. The molecule has 1 aliphatic rings. The molecule has 148 valence electrons. The normalized spacial score (nSPS) is 18.9. The van der Waals surface area contributed by atoms with Crippen LogP contribution in [-0.2, 0) is 0 Å². The predicted octanol–water partition coefficient (Wildman–Crippen LogP) is 4.38. The number of nitrogens with zero attached hydrogens (tertiary/aromatic N) is 3. The number of amides is 2. The molecule has 1 aromatic rings. The summed E-state index contributed by atoms with van der Waals surface area (Å²) < 4.78 is 0.0101. The van der Waals surface area contributed by atoms with E-state index in [-0.39, 0.29) is 0 Å². The molecule has 2 N–H and O–H groups in total. The summed E-state index contributed by atoms with van der Waals surface area (Å²) >= 11 is 8.52. The van der Waals surface area contributed by atoms with Crippen LogP contribution in [0, 0.1) is 0 Å². The number of thiocarbonyl (C=S) groups is 1. The van der Waals surface area contributed by atoms with Gasteiger partial charge in [0.15, 0.2) is 10.5 Å². The van der Waals surface area contributed by atoms with Crippen molar-refractivity contribution in [3.8, 4) is 0 Å². The molecule has 1 fully saturated rings. The molecule has 0 aromatic heterocycles. The van der Waals surface area contributed by atoms with Gasteiger partial charge in [-0.2, -0.15) is 10.2 Å². The molecule has 6 nitrogen and oxygen atoms in total. The maximum Gasteiger partial charge on any atom is 0.343 e. The van der Waals surface area contributed by atoms with Gasteiger partial charge in [0.2, 0.25) is 0 Å². The Kier molecular flexibility index (Phi) is 7.96. The Balaban J connectivity index is 2.17. The minimum Gasteiger partial charge on any atom is -0.336 e. The van der Waals surface area contributed by atoms with E-state index in [9.17, 15) is 10.0 Å². The number of hydrazone groups is 1. The number of rotatable bonds is 7. The summed E-state index contributed by atoms with van der Waals surface area (Å²) in [5.41, 5.74) is 0.918. The van der Waals surface area contributed by atoms with E-state index in [2.05, 4.69) is 10.4 Å². The number of carbonyl (C=O) groups excluding carboxylic acids is 1. The molecular weight excluding hydrogens is 400 g/mol. The highest BCUT2D eigenvalue weighted by Gasteiger charge is 2.49. The van der Waals surface area contributed by atoms with Crippen molar-refractivity contribution in [2.75, 3.05) is 12.8 Å². The van der Waals surface area contributed by atoms with E-state index in [1.165, 1.54) is 21.7 Å². The summed E-state index contributed by atoms with van der Waals surface area (Å²) in [4.78, 5) is 13.5. The summed E-state index contributed by atoms with van der Waals surface area (Å²) in [6.45, 7) is 6.42. The fourth-order valence-corrected chi connectivity index (χ4v) is 4.81. The average Bonchev–Trinajstić information content (AvgIpc) is 2.87. The zero-order valence-corrected chi connectivity index (χ0v) is 18.5. The standard InChI is InChI=1S/C18H26N4O2S3/c1-5-6-11-19-16(23)22(24)15-18(2,3)27-17(25)21(15)20-12-13-7-9-14(26-4)10-8-13/h7-10,12,15,24H,5-6,11H2,1-4H3,(H,19,23). The fraction of sp³-hybridized carbons (Fsp3) is 0.500. The van der Waals surface area contributed by atoms with Gasteiger partial charge in [-0.3, -0.25) is 5.21 Å². The molecular formula is C18H26N4O2S3. The highest BCUT2D eigenvalue weighted by molar-refractivity contribution is 8.24. The second-order valence-corrected chi connectivity index (χ2v) is 9.81. The summed E-state index contributed by atoms with van der Waals surface area (Å²) in [5.74, 6) is 0. The zero-order valence-electron chi connectivity index (χ0n) is 16.0. The smallest absolute Gasteiger partial charge is 0.336 e. The number of hydrogen-bond acceptors (Lipinski definition) is 6. The van der Waals surface area contributed by atoms with Crippen molar-refractivity contribution in [2.24, 2.45) is 5.10 Å². The Hall–Kier alpha value is -1.29. The van der Waals surface area contributed by atoms with Crippen LogP contribution in [0.15, 0.2) is 34.3 Å². The first-order valence-corrected chi connectivity index (χ1v) is 11.2. The van der Waals surface area contributed by atoms with Gasteiger partial charge < -0.3 is 5.32 Å². The number of hydroxylamine groups is 2. The molecule has 1 atom stereocenters. The van der Waals surface area contributed by atoms with E-state index in [1.54, 1.807) is 18.0 Å². The second kappa shape index (κ2) is 9.77. The molecule has 0 saturated carbocycles. The molecule has 2 amide bonds. The van der Waals surface area contributed by atoms with Crippen LogP contribution in [0.2, 0.25) is 0 Å². The van der Waals surface area contributed by atoms with E-state index < -0.39 is 16.9 Å². The van der Waals surface area contributed by atoms with Crippen LogP contribution in [-0.4, -0.2) is 55.6 Å². The van der Waals surface area contributed by atoms with Crippen molar-refractivity contribution in [2.45, 2.75) is 49.4 Å². The Morgan fingerprint density at radius 3 is 2.74 bits per heavy atom. The highest BCUT2D eigenvalue weighted by Crippen LogP contribution is 2.42. The molecule has 1 unspecified atom stereocenters. The zero-order chi connectivity index (χ0) is 20.0. The van der Waals surface area contributed by atoms with E-state index in [4.69, 9.17) is 12.2 Å². The van der Waals surface area contributed by atoms with Gasteiger partial charge in [0.05, 0.1) is 11.0 Å². The molecule has 0 spiro atoms. The Morgan fingerprint density at radius 2 is 2.15 bits per heavy atom. The van der Waals surface area contributed by atoms with Gasteiger partial charge in [-0.1, -0.05) is 49.5 Å². The molecule has 2 rings (SSSR count). The predicted molar refractivity (Wildman–Crippen MR) is 118 cm³/mol. The minimum absolute atomic E-state index is 0.506. The van der Waals surface area contributed by atoms with Crippen molar-refractivity contribution < 1.29 is 10.0 Å².